The molecular formula is C21H23ClN2O3S. The van der Waals surface area contributed by atoms with E-state index in [1.54, 1.807) is 24.3 Å². The SMILES string of the molecule is O=C([C@@H]1CCCN(S(=O)(=O)Cc2cccc(Cl)c2)C1)N1CCc2ccccc21. The largest absolute Gasteiger partial charge is 0.312 e. The predicted molar refractivity (Wildman–Crippen MR) is 111 cm³/mol. The maximum atomic E-state index is 13.1. The van der Waals surface area contributed by atoms with E-state index in [0.29, 0.717) is 30.1 Å². The van der Waals surface area contributed by atoms with E-state index in [2.05, 4.69) is 0 Å². The van der Waals surface area contributed by atoms with Crippen LogP contribution < -0.4 is 4.90 Å². The second-order valence-electron chi connectivity index (χ2n) is 7.45. The minimum atomic E-state index is -3.50. The van der Waals surface area contributed by atoms with Crippen molar-refractivity contribution in [1.82, 2.24) is 4.31 Å². The second-order valence-corrected chi connectivity index (χ2v) is 9.86. The lowest BCUT2D eigenvalue weighted by Crippen LogP contribution is -2.46. The lowest BCUT2D eigenvalue weighted by molar-refractivity contribution is -0.123. The molecule has 0 aliphatic carbocycles. The van der Waals surface area contributed by atoms with Gasteiger partial charge in [-0.1, -0.05) is 41.9 Å². The van der Waals surface area contributed by atoms with Gasteiger partial charge < -0.3 is 4.90 Å². The maximum absolute atomic E-state index is 13.1. The summed E-state index contributed by atoms with van der Waals surface area (Å²) < 4.78 is 27.3. The molecule has 1 fully saturated rings. The van der Waals surface area contributed by atoms with Gasteiger partial charge in [-0.25, -0.2) is 12.7 Å². The van der Waals surface area contributed by atoms with E-state index >= 15 is 0 Å². The van der Waals surface area contributed by atoms with E-state index in [4.69, 9.17) is 11.6 Å². The summed E-state index contributed by atoms with van der Waals surface area (Å²) in [5.41, 5.74) is 2.80. The van der Waals surface area contributed by atoms with Gasteiger partial charge in [-0.05, 0) is 48.6 Å². The first-order chi connectivity index (χ1) is 13.4. The molecule has 2 aliphatic rings. The molecule has 7 heteroatoms. The fourth-order valence-corrected chi connectivity index (χ4v) is 5.92. The Hall–Kier alpha value is -1.89. The molecule has 0 saturated carbocycles. The Bertz CT molecular complexity index is 993. The van der Waals surface area contributed by atoms with Gasteiger partial charge in [0.15, 0.2) is 0 Å². The minimum Gasteiger partial charge on any atom is -0.312 e. The summed E-state index contributed by atoms with van der Waals surface area (Å²) in [4.78, 5) is 15.0. The topological polar surface area (TPSA) is 57.7 Å². The van der Waals surface area contributed by atoms with Crippen molar-refractivity contribution < 1.29 is 13.2 Å². The highest BCUT2D eigenvalue weighted by Gasteiger charge is 2.36. The molecule has 0 bridgehead atoms. The van der Waals surface area contributed by atoms with Gasteiger partial charge in [-0.3, -0.25) is 4.79 Å². The van der Waals surface area contributed by atoms with Gasteiger partial charge in [-0.15, -0.1) is 0 Å². The molecule has 2 aliphatic heterocycles. The molecule has 1 saturated heterocycles. The Morgan fingerprint density at radius 2 is 1.93 bits per heavy atom. The van der Waals surface area contributed by atoms with Crippen LogP contribution in [0.15, 0.2) is 48.5 Å². The molecule has 2 heterocycles. The first kappa shape index (κ1) is 19.4. The highest BCUT2D eigenvalue weighted by molar-refractivity contribution is 7.88. The van der Waals surface area contributed by atoms with Crippen LogP contribution in [0, 0.1) is 5.92 Å². The number of nitrogens with zero attached hydrogens (tertiary/aromatic N) is 2. The number of hydrogen-bond donors (Lipinski definition) is 0. The van der Waals surface area contributed by atoms with Crippen LogP contribution >= 0.6 is 11.6 Å². The zero-order chi connectivity index (χ0) is 19.7. The van der Waals surface area contributed by atoms with E-state index in [1.165, 1.54) is 9.87 Å². The third kappa shape index (κ3) is 3.95. The molecule has 0 aromatic heterocycles. The number of piperidine rings is 1. The summed E-state index contributed by atoms with van der Waals surface area (Å²) in [7, 11) is -3.50. The van der Waals surface area contributed by atoms with Crippen molar-refractivity contribution in [2.24, 2.45) is 5.92 Å². The lowest BCUT2D eigenvalue weighted by atomic mass is 9.98. The molecule has 0 unspecified atom stereocenters. The molecule has 0 N–H and O–H groups in total. The smallest absolute Gasteiger partial charge is 0.231 e. The van der Waals surface area contributed by atoms with Gasteiger partial charge in [0.2, 0.25) is 15.9 Å². The highest BCUT2D eigenvalue weighted by atomic mass is 35.5. The quantitative estimate of drug-likeness (QED) is 0.763. The Morgan fingerprint density at radius 3 is 2.75 bits per heavy atom. The van der Waals surface area contributed by atoms with Crippen LogP contribution in [-0.4, -0.2) is 38.3 Å². The third-order valence-corrected chi connectivity index (χ3v) is 7.57. The lowest BCUT2D eigenvalue weighted by Gasteiger charge is -2.33. The van der Waals surface area contributed by atoms with Gasteiger partial charge in [0.25, 0.3) is 0 Å². The molecule has 148 valence electrons. The summed E-state index contributed by atoms with van der Waals surface area (Å²) in [6.45, 7) is 1.38. The summed E-state index contributed by atoms with van der Waals surface area (Å²) >= 11 is 5.98. The van der Waals surface area contributed by atoms with Crippen LogP contribution in [0.3, 0.4) is 0 Å². The highest BCUT2D eigenvalue weighted by Crippen LogP contribution is 2.31. The van der Waals surface area contributed by atoms with E-state index in [0.717, 1.165) is 18.5 Å². The molecule has 28 heavy (non-hydrogen) atoms. The van der Waals surface area contributed by atoms with Crippen LogP contribution in [0.5, 0.6) is 0 Å². The molecule has 2 aromatic rings. The van der Waals surface area contributed by atoms with Crippen molar-refractivity contribution >= 4 is 33.2 Å². The van der Waals surface area contributed by atoms with Crippen LogP contribution in [0.2, 0.25) is 5.02 Å². The van der Waals surface area contributed by atoms with E-state index in [-0.39, 0.29) is 24.1 Å². The molecular weight excluding hydrogens is 396 g/mol. The zero-order valence-electron chi connectivity index (χ0n) is 15.6. The van der Waals surface area contributed by atoms with Crippen molar-refractivity contribution in [2.45, 2.75) is 25.0 Å². The van der Waals surface area contributed by atoms with Crippen LogP contribution in [0.25, 0.3) is 0 Å². The fraction of sp³-hybridized carbons (Fsp3) is 0.381. The molecule has 0 radical (unpaired) electrons. The van der Waals surface area contributed by atoms with Gasteiger partial charge in [-0.2, -0.15) is 0 Å². The minimum absolute atomic E-state index is 0.0348. The number of hydrogen-bond acceptors (Lipinski definition) is 3. The number of sulfonamides is 1. The number of rotatable bonds is 4. The maximum Gasteiger partial charge on any atom is 0.231 e. The molecule has 4 rings (SSSR count). The number of carbonyl (C=O) groups excluding carboxylic acids is 1. The van der Waals surface area contributed by atoms with Gasteiger partial charge >= 0.3 is 0 Å². The second kappa shape index (κ2) is 7.85. The number of anilines is 1. The number of para-hydroxylation sites is 1. The summed E-state index contributed by atoms with van der Waals surface area (Å²) in [5, 5.41) is 0.520. The van der Waals surface area contributed by atoms with Gasteiger partial charge in [0.05, 0.1) is 11.7 Å². The number of benzene rings is 2. The normalized spacial score (nSPS) is 20.2. The number of fused-ring (bicyclic) bond motifs is 1. The number of halogens is 1. The van der Waals surface area contributed by atoms with E-state index in [9.17, 15) is 13.2 Å². The molecule has 1 amide bonds. The van der Waals surface area contributed by atoms with Crippen molar-refractivity contribution in [3.05, 3.63) is 64.7 Å². The van der Waals surface area contributed by atoms with Crippen LogP contribution in [-0.2, 0) is 27.0 Å². The summed E-state index contributed by atoms with van der Waals surface area (Å²) in [6, 6.07) is 14.8. The van der Waals surface area contributed by atoms with Gasteiger partial charge in [0, 0.05) is 30.3 Å². The van der Waals surface area contributed by atoms with Crippen molar-refractivity contribution in [3.8, 4) is 0 Å². The molecule has 0 spiro atoms. The zero-order valence-corrected chi connectivity index (χ0v) is 17.1. The Morgan fingerprint density at radius 1 is 1.11 bits per heavy atom. The molecule has 5 nitrogen and oxygen atoms in total. The van der Waals surface area contributed by atoms with Crippen molar-refractivity contribution in [2.75, 3.05) is 24.5 Å². The number of amides is 1. The number of carbonyl (C=O) groups is 1. The van der Waals surface area contributed by atoms with E-state index < -0.39 is 10.0 Å². The average Bonchev–Trinajstić information content (AvgIpc) is 3.11. The summed E-state index contributed by atoms with van der Waals surface area (Å²) in [5.74, 6) is -0.359. The van der Waals surface area contributed by atoms with Crippen molar-refractivity contribution in [3.63, 3.8) is 0 Å². The van der Waals surface area contributed by atoms with Crippen LogP contribution in [0.4, 0.5) is 5.69 Å². The predicted octanol–water partition coefficient (Wildman–Crippen LogP) is 3.47. The van der Waals surface area contributed by atoms with Crippen LogP contribution in [0.1, 0.15) is 24.0 Å². The van der Waals surface area contributed by atoms with E-state index in [1.807, 2.05) is 29.2 Å². The molecule has 2 aromatic carbocycles. The first-order valence-electron chi connectivity index (χ1n) is 9.55. The third-order valence-electron chi connectivity index (χ3n) is 5.52. The molecule has 1 atom stereocenters. The average molecular weight is 419 g/mol. The Labute approximate surface area is 171 Å². The first-order valence-corrected chi connectivity index (χ1v) is 11.5. The van der Waals surface area contributed by atoms with Crippen molar-refractivity contribution in [1.29, 1.82) is 0 Å². The Balaban J connectivity index is 1.48. The fourth-order valence-electron chi connectivity index (χ4n) is 4.11. The van der Waals surface area contributed by atoms with Gasteiger partial charge in [0.1, 0.15) is 0 Å². The standard InChI is InChI=1S/C21H23ClN2O3S/c22-19-8-3-5-16(13-19)15-28(26,27)23-11-4-7-18(14-23)21(25)24-12-10-17-6-1-2-9-20(17)24/h1-3,5-6,8-9,13,18H,4,7,10-12,14-15H2/t18-/m1/s1. The summed E-state index contributed by atoms with van der Waals surface area (Å²) in [6.07, 6.45) is 2.27. The monoisotopic (exact) mass is 418 g/mol. The Kier molecular flexibility index (Phi) is 5.45.